The van der Waals surface area contributed by atoms with Gasteiger partial charge in [-0.1, -0.05) is 18.2 Å². The minimum absolute atomic E-state index is 0.0622. The van der Waals surface area contributed by atoms with Crippen molar-refractivity contribution in [3.8, 4) is 5.75 Å². The van der Waals surface area contributed by atoms with Crippen LogP contribution in [0.2, 0.25) is 1.41 Å². The van der Waals surface area contributed by atoms with Crippen LogP contribution in [0.15, 0.2) is 30.3 Å². The number of hydrogen-bond donors (Lipinski definition) is 1. The van der Waals surface area contributed by atoms with Gasteiger partial charge in [0.05, 0.1) is 5.56 Å². The number of rotatable bonds is 1. The number of carbonyl (C=O) groups excluding carboxylic acids is 3. The van der Waals surface area contributed by atoms with Crippen molar-refractivity contribution in [3.05, 3.63) is 41.5 Å². The molecule has 0 bridgehead atoms. The maximum absolute atomic E-state index is 12.1. The van der Waals surface area contributed by atoms with Crippen molar-refractivity contribution in [2.75, 3.05) is 0 Å². The predicted molar refractivity (Wildman–Crippen MR) is 67.1 cm³/mol. The third-order valence-corrected chi connectivity index (χ3v) is 2.91. The van der Waals surface area contributed by atoms with E-state index in [9.17, 15) is 14.4 Å². The first kappa shape index (κ1) is 10.3. The lowest BCUT2D eigenvalue weighted by molar-refractivity contribution is -0.131. The van der Waals surface area contributed by atoms with Crippen LogP contribution in [0.3, 0.4) is 0 Å². The van der Waals surface area contributed by atoms with Crippen LogP contribution in [-0.2, 0) is 4.79 Å². The Morgan fingerprint density at radius 3 is 2.74 bits per heavy atom. The lowest BCUT2D eigenvalue weighted by Gasteiger charge is -2.18. The van der Waals surface area contributed by atoms with Gasteiger partial charge in [-0.25, -0.2) is 0 Å². The molecule has 0 spiro atoms. The van der Waals surface area contributed by atoms with Gasteiger partial charge < -0.3 is 4.74 Å². The lowest BCUT2D eigenvalue weighted by Crippen LogP contribution is -2.35. The fraction of sp³-hybridized carbons (Fsp3) is 0.0714. The van der Waals surface area contributed by atoms with Gasteiger partial charge in [0.15, 0.2) is 1.41 Å². The maximum Gasteiger partial charge on any atom is 0.308 e. The fourth-order valence-electron chi connectivity index (χ4n) is 2.20. The number of ether oxygens (including phenoxy) is 1. The second-order valence-electron chi connectivity index (χ2n) is 4.16. The molecule has 0 atom stereocenters. The summed E-state index contributed by atoms with van der Waals surface area (Å²) in [6.45, 7) is 1.22. The van der Waals surface area contributed by atoms with Crippen LogP contribution in [0.4, 0.5) is 0 Å². The SMILES string of the molecule is [3H]N1C(=O)c2cccc3ccc(OC(C)=O)c(c23)C1=O. The first-order valence-corrected chi connectivity index (χ1v) is 5.62. The van der Waals surface area contributed by atoms with Gasteiger partial charge in [-0.3, -0.25) is 19.7 Å². The van der Waals surface area contributed by atoms with Gasteiger partial charge in [-0.05, 0) is 17.5 Å². The zero-order chi connectivity index (χ0) is 14.4. The van der Waals surface area contributed by atoms with E-state index >= 15 is 0 Å². The van der Waals surface area contributed by atoms with Crippen molar-refractivity contribution >= 4 is 28.6 Å². The molecule has 0 fully saturated rings. The molecule has 1 heterocycles. The van der Waals surface area contributed by atoms with Crippen LogP contribution in [0.5, 0.6) is 5.75 Å². The van der Waals surface area contributed by atoms with Gasteiger partial charge in [0.1, 0.15) is 5.75 Å². The molecular formula is C14H9NO4. The highest BCUT2D eigenvalue weighted by Crippen LogP contribution is 2.33. The summed E-state index contributed by atoms with van der Waals surface area (Å²) in [4.78, 5) is 35.2. The van der Waals surface area contributed by atoms with E-state index in [0.29, 0.717) is 10.8 Å². The summed E-state index contributed by atoms with van der Waals surface area (Å²) < 4.78 is 12.6. The molecule has 0 saturated heterocycles. The molecule has 2 amide bonds. The Morgan fingerprint density at radius 1 is 1.21 bits per heavy atom. The van der Waals surface area contributed by atoms with Gasteiger partial charge >= 0.3 is 5.97 Å². The smallest absolute Gasteiger partial charge is 0.308 e. The second kappa shape index (κ2) is 3.91. The molecule has 19 heavy (non-hydrogen) atoms. The van der Waals surface area contributed by atoms with Crippen LogP contribution < -0.4 is 10.0 Å². The second-order valence-corrected chi connectivity index (χ2v) is 4.16. The van der Waals surface area contributed by atoms with Gasteiger partial charge in [0.2, 0.25) is 0 Å². The molecule has 0 aromatic heterocycles. The van der Waals surface area contributed by atoms with Gasteiger partial charge in [0, 0.05) is 17.9 Å². The highest BCUT2D eigenvalue weighted by molar-refractivity contribution is 6.26. The molecule has 0 radical (unpaired) electrons. The number of amides is 2. The average Bonchev–Trinajstić information content (AvgIpc) is 2.42. The number of nitrogens with one attached hydrogen (secondary N) is 1. The Kier molecular flexibility index (Phi) is 2.11. The Labute approximate surface area is 109 Å². The van der Waals surface area contributed by atoms with E-state index in [1.54, 1.807) is 24.3 Å². The van der Waals surface area contributed by atoms with E-state index in [-0.39, 0.29) is 22.2 Å². The van der Waals surface area contributed by atoms with Crippen LogP contribution in [0.1, 0.15) is 27.6 Å². The molecule has 5 heteroatoms. The molecule has 1 aliphatic heterocycles. The van der Waals surface area contributed by atoms with Crippen LogP contribution >= 0.6 is 0 Å². The number of imide groups is 1. The van der Waals surface area contributed by atoms with Crippen molar-refractivity contribution in [3.63, 3.8) is 0 Å². The zero-order valence-electron chi connectivity index (χ0n) is 11.0. The Bertz CT molecular complexity index is 784. The molecule has 5 nitrogen and oxygen atoms in total. The van der Waals surface area contributed by atoms with E-state index in [4.69, 9.17) is 6.15 Å². The summed E-state index contributed by atoms with van der Waals surface area (Å²) in [5.41, 5.74) is 0.323. The van der Waals surface area contributed by atoms with Crippen molar-refractivity contribution in [2.24, 2.45) is 0 Å². The zero-order valence-corrected chi connectivity index (χ0v) is 9.97. The highest BCUT2D eigenvalue weighted by atomic mass is 16.5. The molecule has 3 rings (SSSR count). The highest BCUT2D eigenvalue weighted by Gasteiger charge is 2.28. The summed E-state index contributed by atoms with van der Waals surface area (Å²) in [7, 11) is 0. The Hall–Kier alpha value is -2.69. The van der Waals surface area contributed by atoms with Gasteiger partial charge in [-0.15, -0.1) is 0 Å². The number of carbonyl (C=O) groups is 3. The normalized spacial score (nSPS) is 14.6. The van der Waals surface area contributed by atoms with Crippen molar-refractivity contribution in [1.82, 2.24) is 5.31 Å². The molecule has 94 valence electrons. The van der Waals surface area contributed by atoms with E-state index in [1.807, 2.05) is 0 Å². The minimum Gasteiger partial charge on any atom is -0.426 e. The van der Waals surface area contributed by atoms with Crippen molar-refractivity contribution in [1.29, 1.82) is 0 Å². The van der Waals surface area contributed by atoms with E-state index < -0.39 is 17.8 Å². The average molecular weight is 257 g/mol. The third-order valence-electron chi connectivity index (χ3n) is 2.91. The molecule has 0 aliphatic carbocycles. The maximum atomic E-state index is 12.1. The van der Waals surface area contributed by atoms with Crippen LogP contribution in [0, 0.1) is 0 Å². The van der Waals surface area contributed by atoms with Crippen LogP contribution in [0.25, 0.3) is 10.8 Å². The molecule has 1 N–H and O–H groups in total. The fourth-order valence-corrected chi connectivity index (χ4v) is 2.20. The lowest BCUT2D eigenvalue weighted by atomic mass is 9.94. The molecular weight excluding hydrogens is 246 g/mol. The van der Waals surface area contributed by atoms with E-state index in [0.717, 1.165) is 0 Å². The Balaban J connectivity index is 2.41. The summed E-state index contributed by atoms with van der Waals surface area (Å²) in [5.74, 6) is -1.99. The third kappa shape index (κ3) is 1.67. The monoisotopic (exact) mass is 257 g/mol. The van der Waals surface area contributed by atoms with E-state index in [1.165, 1.54) is 13.0 Å². The Morgan fingerprint density at radius 2 is 2.00 bits per heavy atom. The first-order chi connectivity index (χ1) is 9.50. The quantitative estimate of drug-likeness (QED) is 0.479. The van der Waals surface area contributed by atoms with Crippen molar-refractivity contribution in [2.45, 2.75) is 6.92 Å². The minimum atomic E-state index is -0.796. The largest absolute Gasteiger partial charge is 0.426 e. The molecule has 2 aromatic rings. The van der Waals surface area contributed by atoms with Crippen LogP contribution in [-0.4, -0.2) is 17.8 Å². The van der Waals surface area contributed by atoms with Crippen molar-refractivity contribution < 1.29 is 20.5 Å². The summed E-state index contributed by atoms with van der Waals surface area (Å²) in [6.07, 6.45) is 0. The van der Waals surface area contributed by atoms with E-state index in [2.05, 4.69) is 0 Å². The summed E-state index contributed by atoms with van der Waals surface area (Å²) in [6, 6.07) is 8.12. The first-order valence-electron chi connectivity index (χ1n) is 6.07. The number of esters is 1. The topological polar surface area (TPSA) is 72.5 Å². The standard InChI is InChI=1S/C14H9NO4/c1-7(16)19-10-6-5-8-3-2-4-9-11(8)12(10)14(18)15-13(9)17/h2-6H,1H3,(H,15,17,18)/i/hT. The molecule has 2 aromatic carbocycles. The molecule has 0 saturated carbocycles. The van der Waals surface area contributed by atoms with Gasteiger partial charge in [0.25, 0.3) is 11.8 Å². The summed E-state index contributed by atoms with van der Waals surface area (Å²) in [5, 5.41) is 1.39. The molecule has 0 unspecified atom stereocenters. The summed E-state index contributed by atoms with van der Waals surface area (Å²) >= 11 is 0. The molecule has 1 aliphatic rings. The number of benzene rings is 2. The predicted octanol–water partition coefficient (Wildman–Crippen LogP) is 1.65. The number of hydrogen-bond acceptors (Lipinski definition) is 4. The van der Waals surface area contributed by atoms with Gasteiger partial charge in [-0.2, -0.15) is 0 Å².